The van der Waals surface area contributed by atoms with Crippen LogP contribution in [0, 0.1) is 5.41 Å². The Morgan fingerprint density at radius 3 is 2.25 bits per heavy atom. The number of esters is 1. The number of carbonyl (C=O) groups excluding carboxylic acids is 1. The lowest BCUT2D eigenvalue weighted by molar-refractivity contribution is -0.154. The molecule has 0 spiro atoms. The Balaban J connectivity index is 2.61. The van der Waals surface area contributed by atoms with Crippen molar-refractivity contribution in [1.29, 1.82) is 0 Å². The third-order valence-electron chi connectivity index (χ3n) is 3.68. The van der Waals surface area contributed by atoms with E-state index in [-0.39, 0.29) is 11.4 Å². The molecule has 0 N–H and O–H groups in total. The average molecular weight is 228 g/mol. The summed E-state index contributed by atoms with van der Waals surface area (Å²) in [7, 11) is 3.21. The number of carbonyl (C=O) groups is 1. The highest BCUT2D eigenvalue weighted by Gasteiger charge is 2.38. The molecule has 0 unspecified atom stereocenters. The number of ether oxygens (including phenoxy) is 2. The first kappa shape index (κ1) is 13.5. The molecule has 3 heteroatoms. The molecule has 0 heterocycles. The van der Waals surface area contributed by atoms with Gasteiger partial charge in [-0.1, -0.05) is 25.7 Å². The number of rotatable bonds is 5. The Hall–Kier alpha value is -0.570. The zero-order valence-corrected chi connectivity index (χ0v) is 10.6. The molecular weight excluding hydrogens is 204 g/mol. The summed E-state index contributed by atoms with van der Waals surface area (Å²) in [6.45, 7) is 0.735. The maximum Gasteiger partial charge on any atom is 0.311 e. The molecule has 1 saturated carbocycles. The number of hydrogen-bond donors (Lipinski definition) is 0. The van der Waals surface area contributed by atoms with E-state index in [0.717, 1.165) is 45.1 Å². The van der Waals surface area contributed by atoms with E-state index in [2.05, 4.69) is 0 Å². The first-order valence-electron chi connectivity index (χ1n) is 6.32. The van der Waals surface area contributed by atoms with Gasteiger partial charge in [-0.25, -0.2) is 0 Å². The normalized spacial score (nSPS) is 20.1. The van der Waals surface area contributed by atoms with Crippen molar-refractivity contribution in [1.82, 2.24) is 0 Å². The van der Waals surface area contributed by atoms with Crippen LogP contribution in [0.4, 0.5) is 0 Å². The first-order valence-corrected chi connectivity index (χ1v) is 6.32. The van der Waals surface area contributed by atoms with E-state index in [1.54, 1.807) is 7.11 Å². The van der Waals surface area contributed by atoms with E-state index in [1.807, 2.05) is 0 Å². The van der Waals surface area contributed by atoms with Crippen molar-refractivity contribution in [2.75, 3.05) is 20.8 Å². The molecule has 0 aromatic heterocycles. The van der Waals surface area contributed by atoms with Crippen LogP contribution in [0.5, 0.6) is 0 Å². The Labute approximate surface area is 98.5 Å². The van der Waals surface area contributed by atoms with Gasteiger partial charge in [0.25, 0.3) is 0 Å². The maximum absolute atomic E-state index is 12.0. The quantitative estimate of drug-likeness (QED) is 0.412. The molecule has 94 valence electrons. The topological polar surface area (TPSA) is 35.5 Å². The highest BCUT2D eigenvalue weighted by Crippen LogP contribution is 2.40. The van der Waals surface area contributed by atoms with E-state index in [0.29, 0.717) is 0 Å². The first-order chi connectivity index (χ1) is 7.75. The van der Waals surface area contributed by atoms with E-state index < -0.39 is 0 Å². The van der Waals surface area contributed by atoms with E-state index in [9.17, 15) is 4.79 Å². The fraction of sp³-hybridized carbons (Fsp3) is 0.923. The van der Waals surface area contributed by atoms with Crippen molar-refractivity contribution in [2.24, 2.45) is 5.41 Å². The number of hydrogen-bond acceptors (Lipinski definition) is 3. The molecule has 0 aromatic carbocycles. The average Bonchev–Trinajstić information content (AvgIpc) is 2.55. The molecule has 1 fully saturated rings. The van der Waals surface area contributed by atoms with E-state index in [4.69, 9.17) is 9.47 Å². The summed E-state index contributed by atoms with van der Waals surface area (Å²) >= 11 is 0. The second-order valence-electron chi connectivity index (χ2n) is 4.78. The summed E-state index contributed by atoms with van der Waals surface area (Å²) in [4.78, 5) is 12.0. The van der Waals surface area contributed by atoms with Gasteiger partial charge in [0.1, 0.15) is 0 Å². The van der Waals surface area contributed by atoms with Gasteiger partial charge < -0.3 is 9.47 Å². The van der Waals surface area contributed by atoms with E-state index in [1.165, 1.54) is 20.0 Å². The van der Waals surface area contributed by atoms with Crippen LogP contribution in [-0.4, -0.2) is 26.8 Å². The van der Waals surface area contributed by atoms with Gasteiger partial charge in [0, 0.05) is 13.7 Å². The van der Waals surface area contributed by atoms with Crippen molar-refractivity contribution in [3.63, 3.8) is 0 Å². The molecule has 0 radical (unpaired) electrons. The van der Waals surface area contributed by atoms with Gasteiger partial charge in [0.05, 0.1) is 12.5 Å². The second-order valence-corrected chi connectivity index (χ2v) is 4.78. The molecule has 16 heavy (non-hydrogen) atoms. The van der Waals surface area contributed by atoms with Crippen LogP contribution in [0.1, 0.15) is 51.4 Å². The molecule has 0 aliphatic heterocycles. The van der Waals surface area contributed by atoms with Crippen molar-refractivity contribution in [3.8, 4) is 0 Å². The smallest absolute Gasteiger partial charge is 0.311 e. The van der Waals surface area contributed by atoms with Gasteiger partial charge in [0.2, 0.25) is 0 Å². The summed E-state index contributed by atoms with van der Waals surface area (Å²) in [5.41, 5.74) is -0.218. The highest BCUT2D eigenvalue weighted by atomic mass is 16.5. The van der Waals surface area contributed by atoms with E-state index >= 15 is 0 Å². The van der Waals surface area contributed by atoms with Crippen LogP contribution in [-0.2, 0) is 14.3 Å². The Morgan fingerprint density at radius 1 is 1.12 bits per heavy atom. The maximum atomic E-state index is 12.0. The predicted octanol–water partition coefficient (Wildman–Crippen LogP) is 2.93. The standard InChI is InChI=1S/C13H24O3/c1-15-11-7-10-13(12(14)16-2)8-5-3-4-6-9-13/h3-11H2,1-2H3. The zero-order valence-electron chi connectivity index (χ0n) is 10.6. The Kier molecular flexibility index (Phi) is 5.81. The van der Waals surface area contributed by atoms with Crippen LogP contribution in [0.3, 0.4) is 0 Å². The Bertz CT molecular complexity index is 205. The summed E-state index contributed by atoms with van der Waals surface area (Å²) in [6, 6.07) is 0. The van der Waals surface area contributed by atoms with Crippen molar-refractivity contribution >= 4 is 5.97 Å². The summed E-state index contributed by atoms with van der Waals surface area (Å²) in [6.07, 6.45) is 8.65. The molecule has 0 aromatic rings. The molecule has 0 atom stereocenters. The highest BCUT2D eigenvalue weighted by molar-refractivity contribution is 5.76. The van der Waals surface area contributed by atoms with Crippen molar-refractivity contribution in [3.05, 3.63) is 0 Å². The lowest BCUT2D eigenvalue weighted by atomic mass is 9.76. The van der Waals surface area contributed by atoms with Crippen LogP contribution >= 0.6 is 0 Å². The van der Waals surface area contributed by atoms with Crippen molar-refractivity contribution < 1.29 is 14.3 Å². The van der Waals surface area contributed by atoms with Gasteiger partial charge in [0.15, 0.2) is 0 Å². The van der Waals surface area contributed by atoms with Crippen LogP contribution < -0.4 is 0 Å². The minimum absolute atomic E-state index is 0.00879. The van der Waals surface area contributed by atoms with Gasteiger partial charge in [-0.05, 0) is 25.7 Å². The predicted molar refractivity (Wildman–Crippen MR) is 63.3 cm³/mol. The zero-order chi connectivity index (χ0) is 11.9. The molecule has 1 rings (SSSR count). The summed E-state index contributed by atoms with van der Waals surface area (Å²) in [5.74, 6) is -0.00879. The molecular formula is C13H24O3. The Morgan fingerprint density at radius 2 is 1.75 bits per heavy atom. The lowest BCUT2D eigenvalue weighted by Gasteiger charge is -2.29. The lowest BCUT2D eigenvalue weighted by Crippen LogP contribution is -2.32. The fourth-order valence-electron chi connectivity index (χ4n) is 2.73. The molecule has 1 aliphatic carbocycles. The second kappa shape index (κ2) is 6.89. The summed E-state index contributed by atoms with van der Waals surface area (Å²) in [5, 5.41) is 0. The minimum atomic E-state index is -0.218. The van der Waals surface area contributed by atoms with Crippen molar-refractivity contribution in [2.45, 2.75) is 51.4 Å². The molecule has 1 aliphatic rings. The monoisotopic (exact) mass is 228 g/mol. The van der Waals surface area contributed by atoms with Gasteiger partial charge in [-0.2, -0.15) is 0 Å². The van der Waals surface area contributed by atoms with Crippen LogP contribution in [0.25, 0.3) is 0 Å². The van der Waals surface area contributed by atoms with Crippen LogP contribution in [0.2, 0.25) is 0 Å². The molecule has 0 bridgehead atoms. The number of methoxy groups -OCH3 is 2. The van der Waals surface area contributed by atoms with Gasteiger partial charge in [-0.15, -0.1) is 0 Å². The SMILES string of the molecule is COCCCC1(C(=O)OC)CCCCCC1. The van der Waals surface area contributed by atoms with Crippen LogP contribution in [0.15, 0.2) is 0 Å². The molecule has 0 saturated heterocycles. The largest absolute Gasteiger partial charge is 0.469 e. The third kappa shape index (κ3) is 3.48. The summed E-state index contributed by atoms with van der Waals surface area (Å²) < 4.78 is 10.1. The fourth-order valence-corrected chi connectivity index (χ4v) is 2.73. The third-order valence-corrected chi connectivity index (χ3v) is 3.68. The molecule has 0 amide bonds. The van der Waals surface area contributed by atoms with Gasteiger partial charge in [-0.3, -0.25) is 4.79 Å². The minimum Gasteiger partial charge on any atom is -0.469 e. The van der Waals surface area contributed by atoms with Gasteiger partial charge >= 0.3 is 5.97 Å². The molecule has 3 nitrogen and oxygen atoms in total.